The normalized spacial score (nSPS) is 17.5. The second-order valence-corrected chi connectivity index (χ2v) is 4.47. The largest absolute Gasteiger partial charge is 0.471 e. The highest BCUT2D eigenvalue weighted by molar-refractivity contribution is 5.90. The third kappa shape index (κ3) is 2.76. The van der Waals surface area contributed by atoms with Crippen molar-refractivity contribution in [3.63, 3.8) is 0 Å². The highest BCUT2D eigenvalue weighted by atomic mass is 19.4. The maximum absolute atomic E-state index is 12.3. The van der Waals surface area contributed by atoms with E-state index in [4.69, 9.17) is 0 Å². The summed E-state index contributed by atoms with van der Waals surface area (Å²) in [5.41, 5.74) is 1.61. The number of alkyl halides is 3. The van der Waals surface area contributed by atoms with Crippen LogP contribution in [0.15, 0.2) is 18.2 Å². The van der Waals surface area contributed by atoms with Crippen molar-refractivity contribution >= 4 is 11.9 Å². The van der Waals surface area contributed by atoms with Gasteiger partial charge in [0.15, 0.2) is 0 Å². The maximum Gasteiger partial charge on any atom is 0.471 e. The van der Waals surface area contributed by atoms with Gasteiger partial charge in [0, 0.05) is 0 Å². The molecule has 0 heterocycles. The van der Waals surface area contributed by atoms with Crippen LogP contribution >= 0.6 is 0 Å². The van der Waals surface area contributed by atoms with E-state index in [-0.39, 0.29) is 5.56 Å². The van der Waals surface area contributed by atoms with Crippen molar-refractivity contribution in [1.29, 1.82) is 0 Å². The lowest BCUT2D eigenvalue weighted by Gasteiger charge is -2.16. The second-order valence-electron chi connectivity index (χ2n) is 4.47. The molecule has 20 heavy (non-hydrogen) atoms. The summed E-state index contributed by atoms with van der Waals surface area (Å²) >= 11 is 0. The van der Waals surface area contributed by atoms with Gasteiger partial charge >= 0.3 is 18.1 Å². The van der Waals surface area contributed by atoms with E-state index >= 15 is 0 Å². The molecule has 0 aliphatic heterocycles. The van der Waals surface area contributed by atoms with Gasteiger partial charge in [0.05, 0.1) is 18.7 Å². The number of rotatable bonds is 2. The number of hydrogen-bond acceptors (Lipinski definition) is 3. The van der Waals surface area contributed by atoms with Crippen LogP contribution in [0.1, 0.15) is 33.9 Å². The molecular weight excluding hydrogens is 275 g/mol. The first kappa shape index (κ1) is 14.4. The Balaban J connectivity index is 2.23. The van der Waals surface area contributed by atoms with Crippen LogP contribution in [0.25, 0.3) is 0 Å². The van der Waals surface area contributed by atoms with Crippen LogP contribution in [-0.2, 0) is 16.0 Å². The molecule has 0 bridgehead atoms. The van der Waals surface area contributed by atoms with E-state index in [1.807, 2.05) is 5.32 Å². The van der Waals surface area contributed by atoms with Gasteiger partial charge in [-0.15, -0.1) is 0 Å². The average Bonchev–Trinajstić information content (AvgIpc) is 2.79. The third-order valence-corrected chi connectivity index (χ3v) is 3.21. The van der Waals surface area contributed by atoms with Crippen LogP contribution in [0, 0.1) is 0 Å². The number of aryl methyl sites for hydroxylation is 1. The molecule has 1 aromatic carbocycles. The first-order valence-corrected chi connectivity index (χ1v) is 5.91. The third-order valence-electron chi connectivity index (χ3n) is 3.21. The zero-order valence-corrected chi connectivity index (χ0v) is 10.6. The van der Waals surface area contributed by atoms with Crippen molar-refractivity contribution in [3.05, 3.63) is 34.9 Å². The lowest BCUT2D eigenvalue weighted by molar-refractivity contribution is -0.174. The Morgan fingerprint density at radius 3 is 2.65 bits per heavy atom. The summed E-state index contributed by atoms with van der Waals surface area (Å²) in [6, 6.07) is 3.96. The summed E-state index contributed by atoms with van der Waals surface area (Å²) in [6.07, 6.45) is -3.98. The van der Waals surface area contributed by atoms with Crippen molar-refractivity contribution in [2.24, 2.45) is 0 Å². The van der Waals surface area contributed by atoms with Gasteiger partial charge in [-0.05, 0) is 36.1 Å². The number of esters is 1. The number of nitrogens with one attached hydrogen (secondary N) is 1. The number of methoxy groups -OCH3 is 1. The van der Waals surface area contributed by atoms with E-state index in [0.717, 1.165) is 5.56 Å². The van der Waals surface area contributed by atoms with Crippen molar-refractivity contribution in [2.75, 3.05) is 7.11 Å². The van der Waals surface area contributed by atoms with Crippen LogP contribution in [0.2, 0.25) is 0 Å². The minimum Gasteiger partial charge on any atom is -0.465 e. The SMILES string of the molecule is COC(=O)c1ccc2c(c1)C(NC(=O)C(F)(F)F)CC2. The Morgan fingerprint density at radius 1 is 1.35 bits per heavy atom. The second kappa shape index (κ2) is 5.15. The summed E-state index contributed by atoms with van der Waals surface area (Å²) in [5, 5.41) is 1.94. The summed E-state index contributed by atoms with van der Waals surface area (Å²) < 4.78 is 41.3. The Morgan fingerprint density at radius 2 is 2.05 bits per heavy atom. The predicted octanol–water partition coefficient (Wildman–Crippen LogP) is 2.14. The fourth-order valence-corrected chi connectivity index (χ4v) is 2.24. The zero-order valence-electron chi connectivity index (χ0n) is 10.6. The molecule has 2 rings (SSSR count). The van der Waals surface area contributed by atoms with E-state index in [2.05, 4.69) is 4.74 Å². The van der Waals surface area contributed by atoms with E-state index < -0.39 is 24.1 Å². The molecule has 7 heteroatoms. The van der Waals surface area contributed by atoms with Crippen LogP contribution in [-0.4, -0.2) is 25.2 Å². The molecule has 0 spiro atoms. The van der Waals surface area contributed by atoms with E-state index in [9.17, 15) is 22.8 Å². The van der Waals surface area contributed by atoms with E-state index in [1.165, 1.54) is 13.2 Å². The molecular formula is C13H12F3NO3. The van der Waals surface area contributed by atoms with E-state index in [0.29, 0.717) is 18.4 Å². The standard InChI is InChI=1S/C13H12F3NO3/c1-20-11(18)8-3-2-7-4-5-10(9(7)6-8)17-12(19)13(14,15)16/h2-3,6,10H,4-5H2,1H3,(H,17,19). The zero-order chi connectivity index (χ0) is 14.9. The van der Waals surface area contributed by atoms with Gasteiger partial charge in [0.2, 0.25) is 0 Å². The number of hydrogen-bond donors (Lipinski definition) is 1. The molecule has 0 radical (unpaired) electrons. The molecule has 1 aliphatic rings. The van der Waals surface area contributed by atoms with Crippen molar-refractivity contribution in [2.45, 2.75) is 25.1 Å². The van der Waals surface area contributed by atoms with Gasteiger partial charge in [-0.3, -0.25) is 4.79 Å². The molecule has 1 aromatic rings. The molecule has 0 aromatic heterocycles. The molecule has 1 N–H and O–H groups in total. The number of carbonyl (C=O) groups is 2. The Labute approximate surface area is 112 Å². The maximum atomic E-state index is 12.3. The highest BCUT2D eigenvalue weighted by Gasteiger charge is 2.40. The van der Waals surface area contributed by atoms with Crippen molar-refractivity contribution in [3.8, 4) is 0 Å². The molecule has 4 nitrogen and oxygen atoms in total. The topological polar surface area (TPSA) is 55.4 Å². The van der Waals surface area contributed by atoms with Gasteiger partial charge in [0.1, 0.15) is 0 Å². The summed E-state index contributed by atoms with van der Waals surface area (Å²) in [5.74, 6) is -2.54. The minimum atomic E-state index is -4.91. The molecule has 0 saturated heterocycles. The van der Waals surface area contributed by atoms with Gasteiger partial charge in [-0.2, -0.15) is 13.2 Å². The van der Waals surface area contributed by atoms with Crippen LogP contribution in [0.3, 0.4) is 0 Å². The van der Waals surface area contributed by atoms with Crippen LogP contribution in [0.5, 0.6) is 0 Å². The number of benzene rings is 1. The number of fused-ring (bicyclic) bond motifs is 1. The fraction of sp³-hybridized carbons (Fsp3) is 0.385. The smallest absolute Gasteiger partial charge is 0.465 e. The monoisotopic (exact) mass is 287 g/mol. The Bertz CT molecular complexity index is 554. The molecule has 108 valence electrons. The van der Waals surface area contributed by atoms with Gasteiger partial charge in [0.25, 0.3) is 0 Å². The summed E-state index contributed by atoms with van der Waals surface area (Å²) in [7, 11) is 1.22. The Kier molecular flexibility index (Phi) is 3.69. The van der Waals surface area contributed by atoms with Crippen molar-refractivity contribution < 1.29 is 27.5 Å². The molecule has 1 amide bonds. The summed E-state index contributed by atoms with van der Waals surface area (Å²) in [4.78, 5) is 22.4. The first-order valence-electron chi connectivity index (χ1n) is 5.91. The number of carbonyl (C=O) groups excluding carboxylic acids is 2. The quantitative estimate of drug-likeness (QED) is 0.848. The molecule has 1 aliphatic carbocycles. The molecule has 0 fully saturated rings. The fourth-order valence-electron chi connectivity index (χ4n) is 2.24. The molecule has 1 atom stereocenters. The lowest BCUT2D eigenvalue weighted by Crippen LogP contribution is -2.38. The number of halogens is 3. The van der Waals surface area contributed by atoms with Crippen molar-refractivity contribution in [1.82, 2.24) is 5.32 Å². The molecule has 0 saturated carbocycles. The van der Waals surface area contributed by atoms with Gasteiger partial charge in [-0.25, -0.2) is 4.79 Å². The lowest BCUT2D eigenvalue weighted by atomic mass is 10.0. The average molecular weight is 287 g/mol. The van der Waals surface area contributed by atoms with Gasteiger partial charge in [-0.1, -0.05) is 6.07 Å². The first-order chi connectivity index (χ1) is 9.32. The predicted molar refractivity (Wildman–Crippen MR) is 63.0 cm³/mol. The number of ether oxygens (including phenoxy) is 1. The number of amides is 1. The summed E-state index contributed by atoms with van der Waals surface area (Å²) in [6.45, 7) is 0. The molecule has 1 unspecified atom stereocenters. The van der Waals surface area contributed by atoms with Crippen LogP contribution < -0.4 is 5.32 Å². The van der Waals surface area contributed by atoms with Gasteiger partial charge < -0.3 is 10.1 Å². The van der Waals surface area contributed by atoms with E-state index in [1.54, 1.807) is 12.1 Å². The highest BCUT2D eigenvalue weighted by Crippen LogP contribution is 2.32. The Hall–Kier alpha value is -2.05. The van der Waals surface area contributed by atoms with Crippen LogP contribution in [0.4, 0.5) is 13.2 Å². The minimum absolute atomic E-state index is 0.249.